The first-order valence-electron chi connectivity index (χ1n) is 10.1. The Hall–Kier alpha value is -0.960. The second-order valence-corrected chi connectivity index (χ2v) is 8.97. The van der Waals surface area contributed by atoms with Gasteiger partial charge in [0, 0.05) is 44.4 Å². The Balaban J connectivity index is 0.00000280. The maximum absolute atomic E-state index is 11.8. The molecule has 0 bridgehead atoms. The molecular formula is C21H33IN4OS. The maximum atomic E-state index is 11.8. The van der Waals surface area contributed by atoms with E-state index in [1.54, 1.807) is 0 Å². The normalized spacial score (nSPS) is 22.3. The summed E-state index contributed by atoms with van der Waals surface area (Å²) in [6, 6.07) is 9.01. The van der Waals surface area contributed by atoms with Crippen LogP contribution in [0.2, 0.25) is 0 Å². The van der Waals surface area contributed by atoms with Gasteiger partial charge in [0.25, 0.3) is 0 Å². The lowest BCUT2D eigenvalue weighted by atomic mass is 10.1. The SMILES string of the molecule is CCSC1CCC(NC(=NC)NCc2cccc(CN3CCCC3=O)c2)C1.I. The van der Waals surface area contributed by atoms with Crippen LogP contribution in [0.1, 0.15) is 50.2 Å². The van der Waals surface area contributed by atoms with E-state index in [9.17, 15) is 4.79 Å². The Morgan fingerprint density at radius 1 is 1.32 bits per heavy atom. The fraction of sp³-hybridized carbons (Fsp3) is 0.619. The molecule has 0 aromatic heterocycles. The predicted octanol–water partition coefficient (Wildman–Crippen LogP) is 3.77. The highest BCUT2D eigenvalue weighted by Crippen LogP contribution is 2.29. The van der Waals surface area contributed by atoms with Gasteiger partial charge in [0.2, 0.25) is 5.91 Å². The van der Waals surface area contributed by atoms with Crippen LogP contribution in [-0.4, -0.2) is 47.4 Å². The smallest absolute Gasteiger partial charge is 0.222 e. The van der Waals surface area contributed by atoms with Crippen LogP contribution in [0.25, 0.3) is 0 Å². The van der Waals surface area contributed by atoms with E-state index >= 15 is 0 Å². The molecule has 1 aromatic rings. The number of nitrogens with one attached hydrogen (secondary N) is 2. The highest BCUT2D eigenvalue weighted by Gasteiger charge is 2.25. The van der Waals surface area contributed by atoms with Crippen LogP contribution < -0.4 is 10.6 Å². The van der Waals surface area contributed by atoms with E-state index in [0.717, 1.165) is 37.3 Å². The van der Waals surface area contributed by atoms with E-state index in [4.69, 9.17) is 0 Å². The number of aliphatic imine (C=N–C) groups is 1. The lowest BCUT2D eigenvalue weighted by Gasteiger charge is -2.18. The Kier molecular flexibility index (Phi) is 9.91. The molecule has 0 spiro atoms. The Labute approximate surface area is 190 Å². The van der Waals surface area contributed by atoms with Crippen molar-refractivity contribution in [3.8, 4) is 0 Å². The molecule has 5 nitrogen and oxygen atoms in total. The van der Waals surface area contributed by atoms with Crippen molar-refractivity contribution in [2.75, 3.05) is 19.3 Å². The summed E-state index contributed by atoms with van der Waals surface area (Å²) in [5.41, 5.74) is 2.41. The Morgan fingerprint density at radius 3 is 2.86 bits per heavy atom. The zero-order chi connectivity index (χ0) is 19.1. The molecule has 1 aliphatic heterocycles. The van der Waals surface area contributed by atoms with Crippen molar-refractivity contribution in [2.24, 2.45) is 4.99 Å². The van der Waals surface area contributed by atoms with Crippen molar-refractivity contribution in [1.29, 1.82) is 0 Å². The number of likely N-dealkylation sites (tertiary alicyclic amines) is 1. The highest BCUT2D eigenvalue weighted by molar-refractivity contribution is 14.0. The van der Waals surface area contributed by atoms with E-state index < -0.39 is 0 Å². The molecule has 3 rings (SSSR count). The first-order chi connectivity index (χ1) is 13.2. The second kappa shape index (κ2) is 11.9. The highest BCUT2D eigenvalue weighted by atomic mass is 127. The van der Waals surface area contributed by atoms with E-state index in [-0.39, 0.29) is 29.9 Å². The summed E-state index contributed by atoms with van der Waals surface area (Å²) in [6.07, 6.45) is 5.42. The average molecular weight is 516 g/mol. The van der Waals surface area contributed by atoms with Crippen molar-refractivity contribution < 1.29 is 4.79 Å². The minimum absolute atomic E-state index is 0. The van der Waals surface area contributed by atoms with Crippen LogP contribution in [0.4, 0.5) is 0 Å². The molecule has 156 valence electrons. The molecule has 2 fully saturated rings. The minimum Gasteiger partial charge on any atom is -0.354 e. The van der Waals surface area contributed by atoms with Gasteiger partial charge in [-0.2, -0.15) is 11.8 Å². The van der Waals surface area contributed by atoms with Gasteiger partial charge < -0.3 is 15.5 Å². The molecule has 1 aliphatic carbocycles. The Morgan fingerprint density at radius 2 is 2.14 bits per heavy atom. The third-order valence-electron chi connectivity index (χ3n) is 5.35. The number of rotatable bonds is 7. The molecule has 0 radical (unpaired) electrons. The number of amides is 1. The molecule has 28 heavy (non-hydrogen) atoms. The summed E-state index contributed by atoms with van der Waals surface area (Å²) >= 11 is 2.07. The van der Waals surface area contributed by atoms with Crippen molar-refractivity contribution in [3.05, 3.63) is 35.4 Å². The third-order valence-corrected chi connectivity index (χ3v) is 6.58. The van der Waals surface area contributed by atoms with E-state index in [2.05, 4.69) is 58.6 Å². The van der Waals surface area contributed by atoms with Crippen molar-refractivity contribution in [3.63, 3.8) is 0 Å². The first-order valence-corrected chi connectivity index (χ1v) is 11.2. The zero-order valence-electron chi connectivity index (χ0n) is 16.9. The molecule has 2 unspecified atom stereocenters. The number of thioether (sulfide) groups is 1. The maximum Gasteiger partial charge on any atom is 0.222 e. The fourth-order valence-electron chi connectivity index (χ4n) is 3.96. The summed E-state index contributed by atoms with van der Waals surface area (Å²) < 4.78 is 0. The first kappa shape index (κ1) is 23.3. The molecule has 2 N–H and O–H groups in total. The molecule has 1 amide bonds. The summed E-state index contributed by atoms with van der Waals surface area (Å²) in [6.45, 7) is 4.58. The molecule has 2 atom stereocenters. The number of guanidine groups is 1. The fourth-order valence-corrected chi connectivity index (χ4v) is 5.10. The van der Waals surface area contributed by atoms with E-state index in [1.165, 1.54) is 36.1 Å². The van der Waals surface area contributed by atoms with Gasteiger partial charge in [0.15, 0.2) is 5.96 Å². The van der Waals surface area contributed by atoms with Crippen LogP contribution in [0.3, 0.4) is 0 Å². The molecule has 1 heterocycles. The number of hydrogen-bond donors (Lipinski definition) is 2. The van der Waals surface area contributed by atoms with Gasteiger partial charge in [-0.25, -0.2) is 0 Å². The number of benzene rings is 1. The van der Waals surface area contributed by atoms with Crippen molar-refractivity contribution >= 4 is 47.6 Å². The minimum atomic E-state index is 0. The van der Waals surface area contributed by atoms with Gasteiger partial charge in [0.1, 0.15) is 0 Å². The third kappa shape index (κ3) is 6.83. The molecular weight excluding hydrogens is 483 g/mol. The molecule has 1 aromatic carbocycles. The van der Waals surface area contributed by atoms with Crippen LogP contribution >= 0.6 is 35.7 Å². The quantitative estimate of drug-likeness (QED) is 0.329. The van der Waals surface area contributed by atoms with Crippen LogP contribution in [0.5, 0.6) is 0 Å². The summed E-state index contributed by atoms with van der Waals surface area (Å²) in [4.78, 5) is 18.2. The van der Waals surface area contributed by atoms with Crippen LogP contribution in [0.15, 0.2) is 29.3 Å². The second-order valence-electron chi connectivity index (χ2n) is 7.40. The van der Waals surface area contributed by atoms with Crippen molar-refractivity contribution in [1.82, 2.24) is 15.5 Å². The number of nitrogens with zero attached hydrogens (tertiary/aromatic N) is 2. The lowest BCUT2D eigenvalue weighted by molar-refractivity contribution is -0.128. The van der Waals surface area contributed by atoms with Gasteiger partial charge in [-0.05, 0) is 42.6 Å². The monoisotopic (exact) mass is 516 g/mol. The summed E-state index contributed by atoms with van der Waals surface area (Å²) in [7, 11) is 1.83. The molecule has 7 heteroatoms. The Bertz CT molecular complexity index is 670. The average Bonchev–Trinajstić information content (AvgIpc) is 3.28. The standard InChI is InChI=1S/C21H32N4OS.HI/c1-3-27-19-10-9-18(13-19)24-21(22-2)23-14-16-6-4-7-17(12-16)15-25-11-5-8-20(25)26;/h4,6-7,12,18-19H,3,5,8-11,13-15H2,1-2H3,(H2,22,23,24);1H. The topological polar surface area (TPSA) is 56.7 Å². The van der Waals surface area contributed by atoms with Crippen LogP contribution in [-0.2, 0) is 17.9 Å². The van der Waals surface area contributed by atoms with Gasteiger partial charge >= 0.3 is 0 Å². The van der Waals surface area contributed by atoms with Gasteiger partial charge in [-0.1, -0.05) is 31.2 Å². The number of halogens is 1. The molecule has 2 aliphatic rings. The van der Waals surface area contributed by atoms with Gasteiger partial charge in [0.05, 0.1) is 0 Å². The zero-order valence-corrected chi connectivity index (χ0v) is 20.1. The van der Waals surface area contributed by atoms with Crippen molar-refractivity contribution in [2.45, 2.75) is 63.4 Å². The van der Waals surface area contributed by atoms with Gasteiger partial charge in [-0.15, -0.1) is 24.0 Å². The lowest BCUT2D eigenvalue weighted by Crippen LogP contribution is -2.42. The number of hydrogen-bond acceptors (Lipinski definition) is 3. The predicted molar refractivity (Wildman–Crippen MR) is 129 cm³/mol. The largest absolute Gasteiger partial charge is 0.354 e. The van der Waals surface area contributed by atoms with Gasteiger partial charge in [-0.3, -0.25) is 9.79 Å². The summed E-state index contributed by atoms with van der Waals surface area (Å²) in [5, 5.41) is 7.80. The van der Waals surface area contributed by atoms with E-state index in [0.29, 0.717) is 12.5 Å². The van der Waals surface area contributed by atoms with Crippen LogP contribution in [0, 0.1) is 0 Å². The molecule has 1 saturated carbocycles. The molecule has 1 saturated heterocycles. The van der Waals surface area contributed by atoms with E-state index in [1.807, 2.05) is 11.9 Å². The number of carbonyl (C=O) groups excluding carboxylic acids is 1. The summed E-state index contributed by atoms with van der Waals surface area (Å²) in [5.74, 6) is 2.35. The number of carbonyl (C=O) groups is 1.